The Kier molecular flexibility index (Phi) is 6.78. The maximum absolute atomic E-state index is 13.0. The van der Waals surface area contributed by atoms with E-state index < -0.39 is 5.91 Å². The molecule has 4 heterocycles. The van der Waals surface area contributed by atoms with Crippen LogP contribution in [0.3, 0.4) is 0 Å². The van der Waals surface area contributed by atoms with E-state index in [-0.39, 0.29) is 23.7 Å². The van der Waals surface area contributed by atoms with Crippen LogP contribution >= 0.6 is 11.8 Å². The summed E-state index contributed by atoms with van der Waals surface area (Å²) in [4.78, 5) is 31.6. The van der Waals surface area contributed by atoms with Crippen molar-refractivity contribution in [2.75, 3.05) is 19.7 Å². The van der Waals surface area contributed by atoms with Crippen LogP contribution in [0.25, 0.3) is 17.0 Å². The number of aromatic nitrogens is 1. The standard InChI is InChI=1S/C29H28N6O3S/c1-19-8-10-21(11-9-19)38-15-14-34-18-20(22-6-2-3-7-24(22)34)16-23-27(30)35-29(31-28(23)37)39-25(32-35)17-26(36)33-12-4-5-13-33/h2-3,6-11,16,18,30H,4-5,12-15,17H2,1H3/b23-16-,30-27?. The molecular formula is C29H28N6O3S. The highest BCUT2D eigenvalue weighted by Gasteiger charge is 2.36. The number of fused-ring (bicyclic) bond motifs is 2. The fourth-order valence-electron chi connectivity index (χ4n) is 4.94. The number of aliphatic imine (C=N–C) groups is 1. The fraction of sp³-hybridized carbons (Fsp3) is 0.276. The first-order valence-corrected chi connectivity index (χ1v) is 13.8. The van der Waals surface area contributed by atoms with Crippen LogP contribution in [0, 0.1) is 12.3 Å². The number of nitrogens with one attached hydrogen (secondary N) is 1. The molecule has 3 aliphatic rings. The van der Waals surface area contributed by atoms with Crippen molar-refractivity contribution in [2.24, 2.45) is 10.1 Å². The van der Waals surface area contributed by atoms with Gasteiger partial charge in [-0.15, -0.1) is 0 Å². The van der Waals surface area contributed by atoms with Crippen molar-refractivity contribution in [1.29, 1.82) is 5.41 Å². The lowest BCUT2D eigenvalue weighted by atomic mass is 10.1. The molecule has 198 valence electrons. The molecule has 0 radical (unpaired) electrons. The number of hydrogen-bond acceptors (Lipinski definition) is 6. The topological polar surface area (TPSA) is 103 Å². The van der Waals surface area contributed by atoms with Crippen molar-refractivity contribution < 1.29 is 14.3 Å². The second-order valence-electron chi connectivity index (χ2n) is 9.73. The summed E-state index contributed by atoms with van der Waals surface area (Å²) < 4.78 is 8.02. The van der Waals surface area contributed by atoms with E-state index in [1.54, 1.807) is 6.08 Å². The van der Waals surface area contributed by atoms with Crippen molar-refractivity contribution in [3.63, 3.8) is 0 Å². The van der Waals surface area contributed by atoms with Crippen LogP contribution < -0.4 is 4.74 Å². The maximum Gasteiger partial charge on any atom is 0.283 e. The smallest absolute Gasteiger partial charge is 0.283 e. The summed E-state index contributed by atoms with van der Waals surface area (Å²) in [7, 11) is 0. The van der Waals surface area contributed by atoms with Gasteiger partial charge in [-0.1, -0.05) is 35.9 Å². The number of para-hydroxylation sites is 1. The molecule has 6 rings (SSSR count). The number of likely N-dealkylation sites (tertiary alicyclic amines) is 1. The van der Waals surface area contributed by atoms with Crippen LogP contribution in [0.5, 0.6) is 5.75 Å². The van der Waals surface area contributed by atoms with Crippen LogP contribution in [0.4, 0.5) is 0 Å². The van der Waals surface area contributed by atoms with Gasteiger partial charge < -0.3 is 14.2 Å². The molecule has 0 aliphatic carbocycles. The van der Waals surface area contributed by atoms with E-state index in [1.165, 1.54) is 22.3 Å². The maximum atomic E-state index is 13.0. The lowest BCUT2D eigenvalue weighted by molar-refractivity contribution is -0.128. The first-order valence-electron chi connectivity index (χ1n) is 13.0. The molecule has 3 aromatic rings. The number of carbonyl (C=O) groups is 2. The van der Waals surface area contributed by atoms with Crippen LogP contribution in [0.1, 0.15) is 30.4 Å². The quantitative estimate of drug-likeness (QED) is 0.439. The number of amides is 2. The van der Waals surface area contributed by atoms with Gasteiger partial charge in [0.15, 0.2) is 5.84 Å². The van der Waals surface area contributed by atoms with Crippen molar-refractivity contribution in [1.82, 2.24) is 14.5 Å². The highest BCUT2D eigenvalue weighted by atomic mass is 32.2. The molecule has 9 nitrogen and oxygen atoms in total. The number of hydrazone groups is 1. The molecule has 3 aliphatic heterocycles. The number of nitrogens with zero attached hydrogens (tertiary/aromatic N) is 5. The zero-order valence-corrected chi connectivity index (χ0v) is 22.4. The monoisotopic (exact) mass is 540 g/mol. The van der Waals surface area contributed by atoms with Crippen LogP contribution in [0.15, 0.2) is 70.4 Å². The van der Waals surface area contributed by atoms with Gasteiger partial charge in [0.1, 0.15) is 17.4 Å². The van der Waals surface area contributed by atoms with Gasteiger partial charge in [0.05, 0.1) is 18.5 Å². The van der Waals surface area contributed by atoms with Gasteiger partial charge in [0, 0.05) is 35.8 Å². The van der Waals surface area contributed by atoms with E-state index >= 15 is 0 Å². The third kappa shape index (κ3) is 5.12. The Balaban J connectivity index is 1.22. The second-order valence-corrected chi connectivity index (χ2v) is 10.8. The fourth-order valence-corrected chi connectivity index (χ4v) is 5.81. The summed E-state index contributed by atoms with van der Waals surface area (Å²) in [5.41, 5.74) is 3.16. The van der Waals surface area contributed by atoms with Gasteiger partial charge in [0.2, 0.25) is 11.1 Å². The number of hydrogen-bond donors (Lipinski definition) is 1. The Morgan fingerprint density at radius 3 is 2.69 bits per heavy atom. The summed E-state index contributed by atoms with van der Waals surface area (Å²) in [6.45, 7) is 4.69. The number of carbonyl (C=O) groups excluding carboxylic acids is 2. The Morgan fingerprint density at radius 2 is 1.90 bits per heavy atom. The summed E-state index contributed by atoms with van der Waals surface area (Å²) in [5, 5.41) is 16.4. The molecule has 0 atom stereocenters. The van der Waals surface area contributed by atoms with E-state index in [4.69, 9.17) is 10.1 Å². The van der Waals surface area contributed by atoms with Crippen LogP contribution in [-0.4, -0.2) is 62.0 Å². The summed E-state index contributed by atoms with van der Waals surface area (Å²) in [6, 6.07) is 15.9. The number of amidine groups is 2. The van der Waals surface area contributed by atoms with Crippen molar-refractivity contribution >= 4 is 56.6 Å². The van der Waals surface area contributed by atoms with Gasteiger partial charge in [0.25, 0.3) is 5.91 Å². The molecule has 0 unspecified atom stereocenters. The van der Waals surface area contributed by atoms with Gasteiger partial charge in [-0.05, 0) is 55.8 Å². The highest BCUT2D eigenvalue weighted by molar-refractivity contribution is 8.27. The number of rotatable bonds is 7. The predicted molar refractivity (Wildman–Crippen MR) is 154 cm³/mol. The lowest BCUT2D eigenvalue weighted by Crippen LogP contribution is -2.35. The predicted octanol–water partition coefficient (Wildman–Crippen LogP) is 4.66. The summed E-state index contributed by atoms with van der Waals surface area (Å²) in [5.74, 6) is 0.313. The molecule has 0 spiro atoms. The van der Waals surface area contributed by atoms with Gasteiger partial charge in [-0.3, -0.25) is 15.0 Å². The highest BCUT2D eigenvalue weighted by Crippen LogP contribution is 2.31. The number of thioether (sulfide) groups is 1. The van der Waals surface area contributed by atoms with E-state index in [2.05, 4.69) is 14.7 Å². The van der Waals surface area contributed by atoms with Gasteiger partial charge >= 0.3 is 0 Å². The van der Waals surface area contributed by atoms with E-state index in [9.17, 15) is 9.59 Å². The molecule has 2 aromatic carbocycles. The largest absolute Gasteiger partial charge is 0.492 e. The summed E-state index contributed by atoms with van der Waals surface area (Å²) >= 11 is 1.18. The van der Waals surface area contributed by atoms with E-state index in [1.807, 2.05) is 66.6 Å². The first-order chi connectivity index (χ1) is 19.0. The third-order valence-electron chi connectivity index (χ3n) is 7.00. The summed E-state index contributed by atoms with van der Waals surface area (Å²) in [6.07, 6.45) is 5.87. The molecular weight excluding hydrogens is 512 g/mol. The molecule has 10 heteroatoms. The van der Waals surface area contributed by atoms with E-state index in [0.29, 0.717) is 23.4 Å². The van der Waals surface area contributed by atoms with Crippen molar-refractivity contribution in [3.8, 4) is 5.75 Å². The van der Waals surface area contributed by atoms with Gasteiger partial charge in [-0.2, -0.15) is 15.1 Å². The Labute approximate surface area is 230 Å². The Morgan fingerprint density at radius 1 is 1.13 bits per heavy atom. The zero-order chi connectivity index (χ0) is 26.9. The third-order valence-corrected chi connectivity index (χ3v) is 7.91. The SMILES string of the molecule is Cc1ccc(OCCn2cc(/C=C3/C(=N)N4N=C(CC(=O)N5CCCC5)SC4=NC3=O)c3ccccc32)cc1. The molecule has 1 fully saturated rings. The number of benzene rings is 2. The van der Waals surface area contributed by atoms with Crippen LogP contribution in [0.2, 0.25) is 0 Å². The van der Waals surface area contributed by atoms with E-state index in [0.717, 1.165) is 48.1 Å². The minimum Gasteiger partial charge on any atom is -0.492 e. The second kappa shape index (κ2) is 10.5. The minimum atomic E-state index is -0.486. The number of ether oxygens (including phenoxy) is 1. The molecule has 1 aromatic heterocycles. The molecule has 39 heavy (non-hydrogen) atoms. The van der Waals surface area contributed by atoms with Crippen LogP contribution in [-0.2, 0) is 16.1 Å². The number of aryl methyl sites for hydroxylation is 1. The molecule has 0 bridgehead atoms. The Hall–Kier alpha value is -4.18. The average molecular weight is 541 g/mol. The average Bonchev–Trinajstić information content (AvgIpc) is 3.68. The molecule has 1 N–H and O–H groups in total. The first kappa shape index (κ1) is 25.1. The lowest BCUT2D eigenvalue weighted by Gasteiger charge is -2.20. The van der Waals surface area contributed by atoms with Crippen molar-refractivity contribution in [2.45, 2.75) is 32.7 Å². The van der Waals surface area contributed by atoms with Crippen molar-refractivity contribution in [3.05, 3.63) is 71.4 Å². The Bertz CT molecular complexity index is 1560. The molecule has 1 saturated heterocycles. The molecule has 0 saturated carbocycles. The normalized spacial score (nSPS) is 18.1. The molecule has 2 amide bonds. The minimum absolute atomic E-state index is 0.0204. The zero-order valence-electron chi connectivity index (χ0n) is 21.6. The van der Waals surface area contributed by atoms with Gasteiger partial charge in [-0.25, -0.2) is 0 Å².